The summed E-state index contributed by atoms with van der Waals surface area (Å²) in [4.78, 5) is 11.0. The zero-order chi connectivity index (χ0) is 10.4. The van der Waals surface area contributed by atoms with Crippen molar-refractivity contribution in [3.05, 3.63) is 36.9 Å². The number of para-hydroxylation sites is 2. The van der Waals surface area contributed by atoms with Gasteiger partial charge in [0, 0.05) is 12.6 Å². The van der Waals surface area contributed by atoms with Gasteiger partial charge in [0.15, 0.2) is 5.75 Å². The summed E-state index contributed by atoms with van der Waals surface area (Å²) in [7, 11) is 0. The van der Waals surface area contributed by atoms with E-state index in [2.05, 4.69) is 11.9 Å². The Labute approximate surface area is 83.4 Å². The highest BCUT2D eigenvalue weighted by Gasteiger charge is 2.04. The van der Waals surface area contributed by atoms with Crippen molar-refractivity contribution in [3.8, 4) is 5.75 Å². The van der Waals surface area contributed by atoms with E-state index in [9.17, 15) is 4.79 Å². The van der Waals surface area contributed by atoms with Crippen LogP contribution in [0.25, 0.3) is 0 Å². The number of rotatable bonds is 4. The van der Waals surface area contributed by atoms with E-state index in [-0.39, 0.29) is 0 Å². The molecule has 1 rings (SSSR count). The van der Waals surface area contributed by atoms with E-state index in [1.165, 1.54) is 0 Å². The molecule has 0 unspecified atom stereocenters. The van der Waals surface area contributed by atoms with Crippen molar-refractivity contribution in [1.29, 1.82) is 0 Å². The highest BCUT2D eigenvalue weighted by molar-refractivity contribution is 5.84. The van der Waals surface area contributed by atoms with Crippen molar-refractivity contribution in [1.82, 2.24) is 0 Å². The van der Waals surface area contributed by atoms with E-state index in [0.29, 0.717) is 5.75 Å². The average Bonchev–Trinajstić information content (AvgIpc) is 2.21. The Morgan fingerprint density at radius 3 is 2.93 bits per heavy atom. The zero-order valence-electron chi connectivity index (χ0n) is 8.12. The van der Waals surface area contributed by atoms with Crippen LogP contribution in [0.15, 0.2) is 36.9 Å². The number of anilines is 1. The van der Waals surface area contributed by atoms with Gasteiger partial charge in [-0.2, -0.15) is 0 Å². The first-order chi connectivity index (χ1) is 6.77. The molecule has 0 heterocycles. The SMILES string of the molecule is C=CC(=O)Oc1ccccc1NCC. The molecule has 0 fully saturated rings. The van der Waals surface area contributed by atoms with Crippen molar-refractivity contribution < 1.29 is 9.53 Å². The predicted molar refractivity (Wildman–Crippen MR) is 56.4 cm³/mol. The summed E-state index contributed by atoms with van der Waals surface area (Å²) in [5.74, 6) is 0.0783. The van der Waals surface area contributed by atoms with Gasteiger partial charge >= 0.3 is 5.97 Å². The molecule has 3 nitrogen and oxygen atoms in total. The van der Waals surface area contributed by atoms with Crippen LogP contribution >= 0.6 is 0 Å². The molecule has 1 aromatic carbocycles. The van der Waals surface area contributed by atoms with Crippen LogP contribution in [0.4, 0.5) is 5.69 Å². The van der Waals surface area contributed by atoms with E-state index in [0.717, 1.165) is 18.3 Å². The van der Waals surface area contributed by atoms with E-state index in [4.69, 9.17) is 4.74 Å². The van der Waals surface area contributed by atoms with Crippen molar-refractivity contribution in [3.63, 3.8) is 0 Å². The number of ether oxygens (including phenoxy) is 1. The average molecular weight is 191 g/mol. The first-order valence-corrected chi connectivity index (χ1v) is 4.45. The second kappa shape index (κ2) is 5.07. The molecule has 0 saturated heterocycles. The van der Waals surface area contributed by atoms with Gasteiger partial charge in [-0.3, -0.25) is 0 Å². The highest BCUT2D eigenvalue weighted by Crippen LogP contribution is 2.23. The number of hydrogen-bond acceptors (Lipinski definition) is 3. The molecule has 3 heteroatoms. The molecule has 0 aromatic heterocycles. The van der Waals surface area contributed by atoms with Crippen molar-refractivity contribution in [2.75, 3.05) is 11.9 Å². The highest BCUT2D eigenvalue weighted by atomic mass is 16.5. The van der Waals surface area contributed by atoms with E-state index in [1.54, 1.807) is 6.07 Å². The van der Waals surface area contributed by atoms with Gasteiger partial charge < -0.3 is 10.1 Å². The fraction of sp³-hybridized carbons (Fsp3) is 0.182. The predicted octanol–water partition coefficient (Wildman–Crippen LogP) is 2.21. The lowest BCUT2D eigenvalue weighted by Gasteiger charge is -2.08. The summed E-state index contributed by atoms with van der Waals surface area (Å²) in [5, 5.41) is 3.09. The molecular formula is C11H13NO2. The smallest absolute Gasteiger partial charge is 0.335 e. The summed E-state index contributed by atoms with van der Waals surface area (Å²) in [6.45, 7) is 6.10. The first-order valence-electron chi connectivity index (χ1n) is 4.45. The minimum absolute atomic E-state index is 0.449. The van der Waals surface area contributed by atoms with Gasteiger partial charge in [0.25, 0.3) is 0 Å². The summed E-state index contributed by atoms with van der Waals surface area (Å²) < 4.78 is 5.03. The molecule has 1 N–H and O–H groups in total. The molecule has 0 amide bonds. The van der Waals surface area contributed by atoms with Crippen LogP contribution in [0.2, 0.25) is 0 Å². The minimum atomic E-state index is -0.449. The van der Waals surface area contributed by atoms with Crippen LogP contribution in [-0.4, -0.2) is 12.5 Å². The van der Waals surface area contributed by atoms with Crippen LogP contribution in [-0.2, 0) is 4.79 Å². The summed E-state index contributed by atoms with van der Waals surface area (Å²) in [6.07, 6.45) is 1.14. The Morgan fingerprint density at radius 1 is 1.57 bits per heavy atom. The van der Waals surface area contributed by atoms with Crippen LogP contribution in [0, 0.1) is 0 Å². The molecule has 0 saturated carbocycles. The fourth-order valence-corrected chi connectivity index (χ4v) is 1.04. The number of esters is 1. The molecule has 0 spiro atoms. The van der Waals surface area contributed by atoms with Gasteiger partial charge in [0.1, 0.15) is 0 Å². The molecular weight excluding hydrogens is 178 g/mol. The Balaban J connectivity index is 2.83. The Kier molecular flexibility index (Phi) is 3.73. The lowest BCUT2D eigenvalue weighted by molar-refractivity contribution is -0.128. The standard InChI is InChI=1S/C11H13NO2/c1-3-11(13)14-10-8-6-5-7-9(10)12-4-2/h3,5-8,12H,1,4H2,2H3. The monoisotopic (exact) mass is 191 g/mol. The number of carbonyl (C=O) groups excluding carboxylic acids is 1. The van der Waals surface area contributed by atoms with Crippen LogP contribution in [0.1, 0.15) is 6.92 Å². The molecule has 0 aliphatic heterocycles. The van der Waals surface area contributed by atoms with Gasteiger partial charge in [-0.25, -0.2) is 4.79 Å². The molecule has 0 aliphatic rings. The quantitative estimate of drug-likeness (QED) is 0.450. The summed E-state index contributed by atoms with van der Waals surface area (Å²) >= 11 is 0. The normalized spacial score (nSPS) is 9.21. The maximum atomic E-state index is 11.0. The topological polar surface area (TPSA) is 38.3 Å². The molecule has 0 bridgehead atoms. The number of nitrogens with one attached hydrogen (secondary N) is 1. The van der Waals surface area contributed by atoms with Gasteiger partial charge in [0.2, 0.25) is 0 Å². The van der Waals surface area contributed by atoms with Crippen molar-refractivity contribution in [2.24, 2.45) is 0 Å². The fourth-order valence-electron chi connectivity index (χ4n) is 1.04. The largest absolute Gasteiger partial charge is 0.421 e. The second-order valence-corrected chi connectivity index (χ2v) is 2.65. The third kappa shape index (κ3) is 2.62. The van der Waals surface area contributed by atoms with Crippen LogP contribution in [0.5, 0.6) is 5.75 Å². The Bertz CT molecular complexity index is 334. The molecule has 74 valence electrons. The van der Waals surface area contributed by atoms with Gasteiger partial charge in [-0.1, -0.05) is 18.7 Å². The van der Waals surface area contributed by atoms with E-state index in [1.807, 2.05) is 25.1 Å². The summed E-state index contributed by atoms with van der Waals surface area (Å²) in [5.41, 5.74) is 0.810. The number of benzene rings is 1. The van der Waals surface area contributed by atoms with Crippen molar-refractivity contribution >= 4 is 11.7 Å². The lowest BCUT2D eigenvalue weighted by atomic mass is 10.3. The number of hydrogen-bond donors (Lipinski definition) is 1. The van der Waals surface area contributed by atoms with Gasteiger partial charge in [-0.15, -0.1) is 0 Å². The molecule has 14 heavy (non-hydrogen) atoms. The Hall–Kier alpha value is -1.77. The summed E-state index contributed by atoms with van der Waals surface area (Å²) in [6, 6.07) is 7.28. The van der Waals surface area contributed by atoms with Gasteiger partial charge in [0.05, 0.1) is 5.69 Å². The van der Waals surface area contributed by atoms with Crippen LogP contribution in [0.3, 0.4) is 0 Å². The Morgan fingerprint density at radius 2 is 2.29 bits per heavy atom. The van der Waals surface area contributed by atoms with Crippen molar-refractivity contribution in [2.45, 2.75) is 6.92 Å². The minimum Gasteiger partial charge on any atom is -0.421 e. The maximum absolute atomic E-state index is 11.0. The first kappa shape index (κ1) is 10.3. The van der Waals surface area contributed by atoms with Crippen LogP contribution < -0.4 is 10.1 Å². The molecule has 0 atom stereocenters. The lowest BCUT2D eigenvalue weighted by Crippen LogP contribution is -2.06. The van der Waals surface area contributed by atoms with E-state index >= 15 is 0 Å². The zero-order valence-corrected chi connectivity index (χ0v) is 8.12. The maximum Gasteiger partial charge on any atom is 0.335 e. The molecule has 1 aromatic rings. The van der Waals surface area contributed by atoms with E-state index < -0.39 is 5.97 Å². The van der Waals surface area contributed by atoms with Gasteiger partial charge in [-0.05, 0) is 19.1 Å². The number of carbonyl (C=O) groups is 1. The molecule has 0 aliphatic carbocycles. The second-order valence-electron chi connectivity index (χ2n) is 2.65. The third-order valence-corrected chi connectivity index (χ3v) is 1.63. The molecule has 0 radical (unpaired) electrons. The third-order valence-electron chi connectivity index (χ3n) is 1.63.